The maximum absolute atomic E-state index is 14.0. The molecule has 2 aromatic rings. The number of aromatic carboxylic acids is 1. The lowest BCUT2D eigenvalue weighted by Crippen LogP contribution is -2.36. The lowest BCUT2D eigenvalue weighted by atomic mass is 9.95. The Hall–Kier alpha value is -2.55. The van der Waals surface area contributed by atoms with Crippen LogP contribution >= 0.6 is 0 Å². The number of carbonyl (C=O) groups is 1. The van der Waals surface area contributed by atoms with Gasteiger partial charge in [-0.3, -0.25) is 0 Å². The molecule has 2 heterocycles. The molecule has 1 fully saturated rings. The van der Waals surface area contributed by atoms with Crippen LogP contribution in [-0.4, -0.2) is 44.9 Å². The van der Waals surface area contributed by atoms with E-state index in [1.165, 1.54) is 6.07 Å². The van der Waals surface area contributed by atoms with E-state index in [1.807, 2.05) is 25.7 Å². The minimum Gasteiger partial charge on any atom is -0.476 e. The van der Waals surface area contributed by atoms with Gasteiger partial charge in [0.2, 0.25) is 0 Å². The molecule has 1 aromatic carbocycles. The van der Waals surface area contributed by atoms with Crippen molar-refractivity contribution in [3.05, 3.63) is 46.5 Å². The highest BCUT2D eigenvalue weighted by atomic mass is 19.4. The number of halogens is 3. The average molecular weight is 439 g/mol. The summed E-state index contributed by atoms with van der Waals surface area (Å²) in [6.07, 6.45) is -3.94. The number of nitrogens with zero attached hydrogens (tertiary/aromatic N) is 3. The Balaban J connectivity index is 2.05. The highest BCUT2D eigenvalue weighted by molar-refractivity contribution is 5.86. The molecular formula is C22H28F3N3O3. The van der Waals surface area contributed by atoms with Gasteiger partial charge < -0.3 is 19.7 Å². The number of hydrogen-bond acceptors (Lipinski definition) is 4. The summed E-state index contributed by atoms with van der Waals surface area (Å²) in [7, 11) is 0. The molecule has 3 rings (SSSR count). The number of carboxylic acid groups (broad SMARTS) is 1. The molecule has 170 valence electrons. The molecule has 31 heavy (non-hydrogen) atoms. The van der Waals surface area contributed by atoms with Crippen molar-refractivity contribution in [2.24, 2.45) is 0 Å². The van der Waals surface area contributed by atoms with Gasteiger partial charge in [0.25, 0.3) is 0 Å². The maximum Gasteiger partial charge on any atom is 0.416 e. The van der Waals surface area contributed by atoms with Crippen LogP contribution in [0.5, 0.6) is 0 Å². The van der Waals surface area contributed by atoms with E-state index in [0.717, 1.165) is 6.07 Å². The number of piperidine rings is 1. The van der Waals surface area contributed by atoms with Gasteiger partial charge in [0.15, 0.2) is 5.69 Å². The van der Waals surface area contributed by atoms with E-state index in [2.05, 4.69) is 4.98 Å². The third-order valence-electron chi connectivity index (χ3n) is 5.65. The molecule has 0 radical (unpaired) electrons. The van der Waals surface area contributed by atoms with E-state index in [0.29, 0.717) is 43.1 Å². The molecule has 2 N–H and O–H groups in total. The summed E-state index contributed by atoms with van der Waals surface area (Å²) >= 11 is 0. The van der Waals surface area contributed by atoms with E-state index >= 15 is 0 Å². The van der Waals surface area contributed by atoms with Crippen LogP contribution in [0.4, 0.5) is 18.9 Å². The van der Waals surface area contributed by atoms with Crippen LogP contribution < -0.4 is 4.90 Å². The molecule has 1 aliphatic rings. The molecule has 0 saturated carbocycles. The second kappa shape index (κ2) is 8.18. The first-order chi connectivity index (χ1) is 14.3. The largest absolute Gasteiger partial charge is 0.476 e. The number of aliphatic hydroxyl groups is 1. The predicted octanol–water partition coefficient (Wildman–Crippen LogP) is 4.22. The summed E-state index contributed by atoms with van der Waals surface area (Å²) in [5.41, 5.74) is -0.614. The normalized spacial score (nSPS) is 16.1. The fraction of sp³-hybridized carbons (Fsp3) is 0.545. The molecule has 0 bridgehead atoms. The zero-order chi connectivity index (χ0) is 23.1. The third-order valence-corrected chi connectivity index (χ3v) is 5.65. The highest BCUT2D eigenvalue weighted by Crippen LogP contribution is 2.36. The van der Waals surface area contributed by atoms with E-state index < -0.39 is 29.2 Å². The van der Waals surface area contributed by atoms with Crippen molar-refractivity contribution in [2.75, 3.05) is 18.0 Å². The Bertz CT molecular complexity index is 969. The van der Waals surface area contributed by atoms with Gasteiger partial charge in [-0.05, 0) is 37.5 Å². The van der Waals surface area contributed by atoms with Gasteiger partial charge in [-0.1, -0.05) is 26.8 Å². The number of hydrogen-bond donors (Lipinski definition) is 2. The number of anilines is 1. The number of imidazole rings is 1. The van der Waals surface area contributed by atoms with Crippen molar-refractivity contribution in [3.63, 3.8) is 0 Å². The van der Waals surface area contributed by atoms with Crippen LogP contribution in [0.1, 0.15) is 66.7 Å². The Morgan fingerprint density at radius 2 is 1.81 bits per heavy atom. The van der Waals surface area contributed by atoms with Gasteiger partial charge >= 0.3 is 12.1 Å². The van der Waals surface area contributed by atoms with Gasteiger partial charge in [0, 0.05) is 36.4 Å². The fourth-order valence-corrected chi connectivity index (χ4v) is 3.96. The Morgan fingerprint density at radius 1 is 1.19 bits per heavy atom. The van der Waals surface area contributed by atoms with Crippen LogP contribution in [0.15, 0.2) is 18.2 Å². The van der Waals surface area contributed by atoms with E-state index in [1.54, 1.807) is 17.6 Å². The van der Waals surface area contributed by atoms with Crippen LogP contribution in [0, 0.1) is 6.92 Å². The molecule has 0 aliphatic carbocycles. The molecular weight excluding hydrogens is 411 g/mol. The number of aliphatic hydroxyl groups excluding tert-OH is 1. The molecule has 0 spiro atoms. The minimum atomic E-state index is -4.56. The second-order valence-electron chi connectivity index (χ2n) is 9.07. The standard InChI is InChI=1S/C22H28F3N3O3/c1-13-18(19(30)31)26-20(21(2,3)4)28(13)12-14-5-6-15(11-17(14)22(23,24)25)27-9-7-16(29)8-10-27/h5-6,11,16,29H,7-10,12H2,1-4H3,(H,30,31). The predicted molar refractivity (Wildman–Crippen MR) is 111 cm³/mol. The molecule has 1 saturated heterocycles. The van der Waals surface area contributed by atoms with Crippen LogP contribution in [0.3, 0.4) is 0 Å². The van der Waals surface area contributed by atoms with Crippen molar-refractivity contribution in [2.45, 2.75) is 64.8 Å². The zero-order valence-electron chi connectivity index (χ0n) is 18.1. The Labute approximate surface area is 179 Å². The van der Waals surface area contributed by atoms with Crippen molar-refractivity contribution in [1.82, 2.24) is 9.55 Å². The SMILES string of the molecule is Cc1c(C(=O)O)nc(C(C)(C)C)n1Cc1ccc(N2CCC(O)CC2)cc1C(F)(F)F. The monoisotopic (exact) mass is 439 g/mol. The number of carboxylic acids is 1. The summed E-state index contributed by atoms with van der Waals surface area (Å²) in [6, 6.07) is 4.26. The molecule has 0 amide bonds. The number of alkyl halides is 3. The fourth-order valence-electron chi connectivity index (χ4n) is 3.96. The Morgan fingerprint density at radius 3 is 2.32 bits per heavy atom. The second-order valence-corrected chi connectivity index (χ2v) is 9.07. The van der Waals surface area contributed by atoms with Gasteiger partial charge in [-0.2, -0.15) is 13.2 Å². The molecule has 1 aliphatic heterocycles. The van der Waals surface area contributed by atoms with E-state index in [4.69, 9.17) is 0 Å². The maximum atomic E-state index is 14.0. The van der Waals surface area contributed by atoms with Crippen molar-refractivity contribution >= 4 is 11.7 Å². The first-order valence-electron chi connectivity index (χ1n) is 10.2. The topological polar surface area (TPSA) is 78.6 Å². The third kappa shape index (κ3) is 4.87. The quantitative estimate of drug-likeness (QED) is 0.746. The van der Waals surface area contributed by atoms with E-state index in [-0.39, 0.29) is 17.8 Å². The molecule has 6 nitrogen and oxygen atoms in total. The average Bonchev–Trinajstić information content (AvgIpc) is 2.99. The van der Waals surface area contributed by atoms with Crippen LogP contribution in [0.25, 0.3) is 0 Å². The summed E-state index contributed by atoms with van der Waals surface area (Å²) in [5.74, 6) is -0.787. The minimum absolute atomic E-state index is 0.0521. The van der Waals surface area contributed by atoms with Crippen LogP contribution in [0.2, 0.25) is 0 Å². The number of benzene rings is 1. The molecule has 1 aromatic heterocycles. The highest BCUT2D eigenvalue weighted by Gasteiger charge is 2.35. The summed E-state index contributed by atoms with van der Waals surface area (Å²) < 4.78 is 43.4. The zero-order valence-corrected chi connectivity index (χ0v) is 18.1. The van der Waals surface area contributed by atoms with Gasteiger partial charge in [0.05, 0.1) is 11.7 Å². The molecule has 9 heteroatoms. The van der Waals surface area contributed by atoms with Gasteiger partial charge in [-0.25, -0.2) is 9.78 Å². The summed E-state index contributed by atoms with van der Waals surface area (Å²) in [4.78, 5) is 17.6. The summed E-state index contributed by atoms with van der Waals surface area (Å²) in [6.45, 7) is 7.95. The lowest BCUT2D eigenvalue weighted by molar-refractivity contribution is -0.138. The first-order valence-corrected chi connectivity index (χ1v) is 10.2. The molecule has 0 atom stereocenters. The summed E-state index contributed by atoms with van der Waals surface area (Å²) in [5, 5.41) is 19.1. The van der Waals surface area contributed by atoms with Crippen molar-refractivity contribution in [1.29, 1.82) is 0 Å². The van der Waals surface area contributed by atoms with Crippen LogP contribution in [-0.2, 0) is 18.1 Å². The molecule has 0 unspecified atom stereocenters. The van der Waals surface area contributed by atoms with Crippen molar-refractivity contribution < 1.29 is 28.2 Å². The number of aromatic nitrogens is 2. The van der Waals surface area contributed by atoms with Crippen molar-refractivity contribution in [3.8, 4) is 0 Å². The lowest BCUT2D eigenvalue weighted by Gasteiger charge is -2.32. The first kappa shape index (κ1) is 23.1. The van der Waals surface area contributed by atoms with E-state index in [9.17, 15) is 28.2 Å². The smallest absolute Gasteiger partial charge is 0.416 e. The van der Waals surface area contributed by atoms with Gasteiger partial charge in [0.1, 0.15) is 5.82 Å². The Kier molecular flexibility index (Phi) is 6.10. The van der Waals surface area contributed by atoms with Gasteiger partial charge in [-0.15, -0.1) is 0 Å². The number of rotatable bonds is 4.